The van der Waals surface area contributed by atoms with Crippen molar-refractivity contribution >= 4 is 65.3 Å². The Morgan fingerprint density at radius 2 is 0.571 bits per heavy atom. The number of para-hydroxylation sites is 1. The molecule has 0 N–H and O–H groups in total. The number of aromatic nitrogens is 5. The van der Waals surface area contributed by atoms with Crippen LogP contribution in [-0.2, 0) is 0 Å². The van der Waals surface area contributed by atoms with Gasteiger partial charge in [-0.1, -0.05) is 178 Å². The highest BCUT2D eigenvalue weighted by molar-refractivity contribution is 6.03. The molecule has 0 spiro atoms. The van der Waals surface area contributed by atoms with E-state index in [-0.39, 0.29) is 0 Å². The average Bonchev–Trinajstić information content (AvgIpc) is 3.34. The van der Waals surface area contributed by atoms with Gasteiger partial charge in [-0.15, -0.1) is 0 Å². The molecule has 0 bridgehead atoms. The van der Waals surface area contributed by atoms with E-state index in [0.717, 1.165) is 49.1 Å². The molecule has 7 aromatic carbocycles. The molecule has 12 aromatic rings. The van der Waals surface area contributed by atoms with Gasteiger partial charge in [-0.2, -0.15) is 0 Å². The molecule has 348 valence electrons. The highest BCUT2D eigenvalue weighted by atomic mass is 14.7. The minimum atomic E-state index is 0.977. The third-order valence-corrected chi connectivity index (χ3v) is 11.7. The Morgan fingerprint density at radius 3 is 0.971 bits per heavy atom. The first kappa shape index (κ1) is 49.7. The summed E-state index contributed by atoms with van der Waals surface area (Å²) in [4.78, 5) is 21.8. The minimum Gasteiger partial charge on any atom is -0.256 e. The molecule has 5 nitrogen and oxygen atoms in total. The van der Waals surface area contributed by atoms with Crippen LogP contribution >= 0.6 is 0 Å². The molecule has 5 aromatic heterocycles. The predicted octanol–water partition coefficient (Wildman–Crippen LogP) is 17.1. The van der Waals surface area contributed by atoms with Crippen molar-refractivity contribution in [1.29, 1.82) is 0 Å². The molecule has 0 amide bonds. The van der Waals surface area contributed by atoms with Crippen molar-refractivity contribution < 1.29 is 0 Å². The number of pyridine rings is 5. The van der Waals surface area contributed by atoms with Crippen LogP contribution in [0.25, 0.3) is 65.3 Å². The van der Waals surface area contributed by atoms with Gasteiger partial charge in [0.05, 0.1) is 27.6 Å². The van der Waals surface area contributed by atoms with Gasteiger partial charge in [0.1, 0.15) is 0 Å². The third-order valence-electron chi connectivity index (χ3n) is 11.7. The molecular formula is C65H63N5. The fourth-order valence-corrected chi connectivity index (χ4v) is 8.75. The van der Waals surface area contributed by atoms with Gasteiger partial charge in [0.25, 0.3) is 0 Å². The SMILES string of the molecule is Cc1cc(C)cc(C)c1.Cc1cc(C)cc(C)c1.Cc1ccc2c(C)cccc2c1.Cc1cnc2c(C)cccc2c1.c1cnc2c(c1)ccc1cccnc12.c1cnc2c(c1)ccc1cccnc12. The average molecular weight is 914 g/mol. The standard InChI is InChI=1S/2C12H8N2.C12H12.C11H11N.2C9H12/c2*1-3-9-5-6-10-4-2-8-14-12(10)11(9)13-7-1;1-9-6-7-12-10(2)4-3-5-11(12)8-9;1-8-6-10-5-3-4-9(2)11(10)12-7-8;2*1-7-4-8(2)6-9(3)5-7/h2*1-8H;3-8H,1-2H3;3-7H,1-2H3;2*4-6H,1-3H3. The van der Waals surface area contributed by atoms with E-state index >= 15 is 0 Å². The Kier molecular flexibility index (Phi) is 16.9. The second-order valence-corrected chi connectivity index (χ2v) is 18.2. The molecule has 0 unspecified atom stereocenters. The molecule has 0 saturated carbocycles. The van der Waals surface area contributed by atoms with E-state index in [0.29, 0.717) is 0 Å². The van der Waals surface area contributed by atoms with Crippen LogP contribution in [0.3, 0.4) is 0 Å². The van der Waals surface area contributed by atoms with Crippen LogP contribution in [-0.4, -0.2) is 24.9 Å². The van der Waals surface area contributed by atoms with E-state index < -0.39 is 0 Å². The first-order chi connectivity index (χ1) is 33.8. The van der Waals surface area contributed by atoms with E-state index in [9.17, 15) is 0 Å². The van der Waals surface area contributed by atoms with E-state index in [2.05, 4.69) is 240 Å². The number of rotatable bonds is 0. The topological polar surface area (TPSA) is 64.5 Å². The fraction of sp³-hybridized carbons (Fsp3) is 0.154. The van der Waals surface area contributed by atoms with Gasteiger partial charge in [-0.3, -0.25) is 24.9 Å². The molecule has 0 fully saturated rings. The maximum Gasteiger partial charge on any atom is 0.0964 e. The lowest BCUT2D eigenvalue weighted by Gasteiger charge is -2.01. The molecule has 0 atom stereocenters. The van der Waals surface area contributed by atoms with Crippen LogP contribution < -0.4 is 0 Å². The summed E-state index contributed by atoms with van der Waals surface area (Å²) in [6.45, 7) is 21.2. The van der Waals surface area contributed by atoms with Crippen molar-refractivity contribution in [2.24, 2.45) is 0 Å². The summed E-state index contributed by atoms with van der Waals surface area (Å²) in [6, 6.07) is 58.8. The Balaban J connectivity index is 0.000000125. The highest BCUT2D eigenvalue weighted by Gasteiger charge is 2.02. The van der Waals surface area contributed by atoms with Crippen molar-refractivity contribution in [2.45, 2.75) is 69.2 Å². The maximum absolute atomic E-state index is 4.38. The summed E-state index contributed by atoms with van der Waals surface area (Å²) in [5.74, 6) is 0. The summed E-state index contributed by atoms with van der Waals surface area (Å²) < 4.78 is 0. The van der Waals surface area contributed by atoms with Crippen molar-refractivity contribution in [3.05, 3.63) is 256 Å². The van der Waals surface area contributed by atoms with Crippen LogP contribution in [0.15, 0.2) is 201 Å². The molecule has 0 aliphatic carbocycles. The normalized spacial score (nSPS) is 10.4. The van der Waals surface area contributed by atoms with Crippen LogP contribution in [0.1, 0.15) is 55.6 Å². The minimum absolute atomic E-state index is 0.977. The molecule has 5 heterocycles. The molecule has 0 aliphatic heterocycles. The number of benzene rings is 7. The summed E-state index contributed by atoms with van der Waals surface area (Å²) in [5.41, 5.74) is 18.3. The molecule has 0 radical (unpaired) electrons. The lowest BCUT2D eigenvalue weighted by atomic mass is 10.0. The molecule has 12 rings (SSSR count). The van der Waals surface area contributed by atoms with Crippen LogP contribution in [0, 0.1) is 69.2 Å². The Labute approximate surface area is 414 Å². The number of hydrogen-bond acceptors (Lipinski definition) is 5. The van der Waals surface area contributed by atoms with Crippen LogP contribution in [0.4, 0.5) is 0 Å². The number of fused-ring (bicyclic) bond motifs is 8. The van der Waals surface area contributed by atoms with Gasteiger partial charge >= 0.3 is 0 Å². The highest BCUT2D eigenvalue weighted by Crippen LogP contribution is 2.23. The first-order valence-corrected chi connectivity index (χ1v) is 23.9. The zero-order valence-electron chi connectivity index (χ0n) is 42.3. The van der Waals surface area contributed by atoms with Gasteiger partial charge in [0.2, 0.25) is 0 Å². The second kappa shape index (κ2) is 23.7. The van der Waals surface area contributed by atoms with Crippen LogP contribution in [0.5, 0.6) is 0 Å². The lowest BCUT2D eigenvalue weighted by Crippen LogP contribution is -1.83. The summed E-state index contributed by atoms with van der Waals surface area (Å²) in [6.07, 6.45) is 9.12. The van der Waals surface area contributed by atoms with Crippen LogP contribution in [0.2, 0.25) is 0 Å². The predicted molar refractivity (Wildman–Crippen MR) is 300 cm³/mol. The van der Waals surface area contributed by atoms with E-state index in [1.54, 1.807) is 24.8 Å². The van der Waals surface area contributed by atoms with E-state index in [1.807, 2.05) is 30.5 Å². The number of aryl methyl sites for hydroxylation is 10. The number of nitrogens with zero attached hydrogens (tertiary/aromatic N) is 5. The van der Waals surface area contributed by atoms with Crippen molar-refractivity contribution in [3.8, 4) is 0 Å². The maximum atomic E-state index is 4.38. The number of hydrogen-bond donors (Lipinski definition) is 0. The zero-order chi connectivity index (χ0) is 49.6. The van der Waals surface area contributed by atoms with Crippen molar-refractivity contribution in [2.75, 3.05) is 0 Å². The van der Waals surface area contributed by atoms with Gasteiger partial charge in [0.15, 0.2) is 0 Å². The van der Waals surface area contributed by atoms with Gasteiger partial charge in [0, 0.05) is 57.9 Å². The first-order valence-electron chi connectivity index (χ1n) is 23.9. The fourth-order valence-electron chi connectivity index (χ4n) is 8.75. The van der Waals surface area contributed by atoms with E-state index in [4.69, 9.17) is 0 Å². The molecule has 5 heteroatoms. The van der Waals surface area contributed by atoms with E-state index in [1.165, 1.54) is 71.8 Å². The largest absolute Gasteiger partial charge is 0.256 e. The Morgan fingerprint density at radius 1 is 0.229 bits per heavy atom. The van der Waals surface area contributed by atoms with Gasteiger partial charge < -0.3 is 0 Å². The quantitative estimate of drug-likeness (QED) is 0.142. The Hall–Kier alpha value is -8.15. The summed E-state index contributed by atoms with van der Waals surface area (Å²) in [5, 5.41) is 8.49. The van der Waals surface area contributed by atoms with Crippen molar-refractivity contribution in [3.63, 3.8) is 0 Å². The lowest BCUT2D eigenvalue weighted by molar-refractivity contribution is 1.31. The summed E-state index contributed by atoms with van der Waals surface area (Å²) >= 11 is 0. The second-order valence-electron chi connectivity index (χ2n) is 18.2. The van der Waals surface area contributed by atoms with Crippen molar-refractivity contribution in [1.82, 2.24) is 24.9 Å². The molecule has 70 heavy (non-hydrogen) atoms. The van der Waals surface area contributed by atoms with Gasteiger partial charge in [-0.05, 0) is 127 Å². The van der Waals surface area contributed by atoms with Gasteiger partial charge in [-0.25, -0.2) is 0 Å². The molecule has 0 aliphatic rings. The summed E-state index contributed by atoms with van der Waals surface area (Å²) in [7, 11) is 0. The molecular weight excluding hydrogens is 851 g/mol. The molecule has 0 saturated heterocycles. The monoisotopic (exact) mass is 914 g/mol. The smallest absolute Gasteiger partial charge is 0.0964 e. The Bertz CT molecular complexity index is 3230. The third kappa shape index (κ3) is 13.5. The zero-order valence-corrected chi connectivity index (χ0v) is 42.3.